The highest BCUT2D eigenvalue weighted by Crippen LogP contribution is 2.29. The van der Waals surface area contributed by atoms with Crippen molar-refractivity contribution in [2.45, 2.75) is 24.9 Å². The van der Waals surface area contributed by atoms with E-state index in [2.05, 4.69) is 15.0 Å². The summed E-state index contributed by atoms with van der Waals surface area (Å²) in [4.78, 5) is 23.3. The lowest BCUT2D eigenvalue weighted by atomic mass is 10.1. The van der Waals surface area contributed by atoms with Gasteiger partial charge in [-0.15, -0.1) is 0 Å². The van der Waals surface area contributed by atoms with E-state index in [9.17, 15) is 15.0 Å². The van der Waals surface area contributed by atoms with Crippen LogP contribution in [-0.2, 0) is 15.6 Å². The second-order valence-electron chi connectivity index (χ2n) is 6.15. The zero-order valence-corrected chi connectivity index (χ0v) is 15.1. The SMILES string of the molecule is Nc1nc2c(nc(-c3ccccc3)n2CC(O)C2OPOCC2O)c(=O)[nH]1. The van der Waals surface area contributed by atoms with Crippen molar-refractivity contribution in [1.82, 2.24) is 19.5 Å². The summed E-state index contributed by atoms with van der Waals surface area (Å²) in [6.45, 7) is 0.0874. The number of hydrogen-bond acceptors (Lipinski definition) is 8. The molecule has 11 heteroatoms. The van der Waals surface area contributed by atoms with Gasteiger partial charge in [-0.1, -0.05) is 30.3 Å². The highest BCUT2D eigenvalue weighted by molar-refractivity contribution is 7.26. The van der Waals surface area contributed by atoms with E-state index >= 15 is 0 Å². The molecule has 1 aromatic carbocycles. The van der Waals surface area contributed by atoms with E-state index in [4.69, 9.17) is 14.8 Å². The number of aliphatic hydroxyl groups excluding tert-OH is 2. The number of nitrogens with one attached hydrogen (secondary N) is 1. The number of aromatic nitrogens is 4. The molecule has 5 N–H and O–H groups in total. The number of aromatic amines is 1. The van der Waals surface area contributed by atoms with Gasteiger partial charge in [-0.3, -0.25) is 9.78 Å². The van der Waals surface area contributed by atoms with Gasteiger partial charge in [0.1, 0.15) is 24.1 Å². The van der Waals surface area contributed by atoms with Crippen LogP contribution in [0.1, 0.15) is 0 Å². The summed E-state index contributed by atoms with van der Waals surface area (Å²) in [5.74, 6) is 0.406. The number of rotatable bonds is 4. The molecule has 1 aliphatic rings. The highest BCUT2D eigenvalue weighted by atomic mass is 31.1. The minimum absolute atomic E-state index is 0.00281. The van der Waals surface area contributed by atoms with Crippen molar-refractivity contribution in [3.8, 4) is 11.4 Å². The van der Waals surface area contributed by atoms with Crippen molar-refractivity contribution in [3.63, 3.8) is 0 Å². The minimum atomic E-state index is -1.07. The van der Waals surface area contributed by atoms with Crippen LogP contribution in [-0.4, -0.2) is 54.7 Å². The predicted molar refractivity (Wildman–Crippen MR) is 99.2 cm³/mol. The Morgan fingerprint density at radius 1 is 1.37 bits per heavy atom. The number of fused-ring (bicyclic) bond motifs is 1. The van der Waals surface area contributed by atoms with Crippen LogP contribution in [0.4, 0.5) is 5.95 Å². The topological polar surface area (TPSA) is 149 Å². The van der Waals surface area contributed by atoms with Gasteiger partial charge in [-0.25, -0.2) is 4.98 Å². The van der Waals surface area contributed by atoms with Crippen LogP contribution in [0.15, 0.2) is 35.1 Å². The van der Waals surface area contributed by atoms with Gasteiger partial charge in [0.15, 0.2) is 20.2 Å². The summed E-state index contributed by atoms with van der Waals surface area (Å²) in [5.41, 5.74) is 6.33. The summed E-state index contributed by atoms with van der Waals surface area (Å²) in [6.07, 6.45) is -2.85. The van der Waals surface area contributed by atoms with E-state index < -0.39 is 23.9 Å². The van der Waals surface area contributed by atoms with Crippen molar-refractivity contribution in [1.29, 1.82) is 0 Å². The van der Waals surface area contributed by atoms with E-state index in [0.29, 0.717) is 5.82 Å². The van der Waals surface area contributed by atoms with Crippen LogP contribution >= 0.6 is 9.03 Å². The van der Waals surface area contributed by atoms with E-state index in [-0.39, 0.29) is 39.3 Å². The number of nitrogens with two attached hydrogens (primary N) is 1. The minimum Gasteiger partial charge on any atom is -0.388 e. The summed E-state index contributed by atoms with van der Waals surface area (Å²) in [5, 5.41) is 20.7. The Hall–Kier alpha value is -2.36. The Kier molecular flexibility index (Phi) is 4.90. The van der Waals surface area contributed by atoms with Gasteiger partial charge in [0.05, 0.1) is 13.2 Å². The summed E-state index contributed by atoms with van der Waals surface area (Å²) < 4.78 is 12.0. The third kappa shape index (κ3) is 3.45. The fourth-order valence-corrected chi connectivity index (χ4v) is 3.75. The Morgan fingerprint density at radius 2 is 2.15 bits per heavy atom. The molecule has 2 aromatic heterocycles. The lowest BCUT2D eigenvalue weighted by molar-refractivity contribution is -0.0818. The van der Waals surface area contributed by atoms with E-state index in [0.717, 1.165) is 5.56 Å². The Morgan fingerprint density at radius 3 is 2.89 bits per heavy atom. The second-order valence-corrected chi connectivity index (χ2v) is 6.84. The largest absolute Gasteiger partial charge is 0.388 e. The number of anilines is 1. The molecular weight excluding hydrogens is 373 g/mol. The van der Waals surface area contributed by atoms with Crippen molar-refractivity contribution < 1.29 is 19.3 Å². The molecule has 142 valence electrons. The quantitative estimate of drug-likeness (QED) is 0.455. The molecule has 1 fully saturated rings. The fourth-order valence-electron chi connectivity index (χ4n) is 3.02. The van der Waals surface area contributed by atoms with Gasteiger partial charge < -0.3 is 29.6 Å². The maximum absolute atomic E-state index is 12.2. The monoisotopic (exact) mass is 391 g/mol. The number of H-pyrrole nitrogens is 1. The maximum Gasteiger partial charge on any atom is 0.280 e. The number of benzene rings is 1. The molecular formula is C16H18N5O5P. The normalized spacial score (nSPS) is 22.3. The summed E-state index contributed by atoms with van der Waals surface area (Å²) >= 11 is 0. The zero-order valence-electron chi connectivity index (χ0n) is 14.1. The molecule has 4 rings (SSSR count). The molecule has 3 heterocycles. The van der Waals surface area contributed by atoms with Crippen LogP contribution in [0.3, 0.4) is 0 Å². The zero-order chi connectivity index (χ0) is 19.0. The number of hydrogen-bond donors (Lipinski definition) is 4. The standard InChI is InChI=1S/C16H18N5O5P/c17-16-19-14-11(15(24)20-16)18-13(8-4-2-1-3-5-8)21(14)6-9(22)12-10(23)7-25-27-26-12/h1-5,9-10,12,22-23,27H,6-7H2,(H3,17,19,20,24). The molecule has 0 amide bonds. The smallest absolute Gasteiger partial charge is 0.280 e. The predicted octanol–water partition coefficient (Wildman–Crippen LogP) is 0.0145. The van der Waals surface area contributed by atoms with Gasteiger partial charge in [0.25, 0.3) is 5.56 Å². The van der Waals surface area contributed by atoms with E-state index in [1.165, 1.54) is 0 Å². The van der Waals surface area contributed by atoms with Crippen molar-refractivity contribution in [2.75, 3.05) is 12.3 Å². The van der Waals surface area contributed by atoms with Gasteiger partial charge in [0, 0.05) is 5.56 Å². The summed E-state index contributed by atoms with van der Waals surface area (Å²) in [7, 11) is -0.259. The Bertz CT molecular complexity index is 1010. The fraction of sp³-hybridized carbons (Fsp3) is 0.312. The lowest BCUT2D eigenvalue weighted by Gasteiger charge is -2.31. The molecule has 0 spiro atoms. The molecule has 4 unspecified atom stereocenters. The van der Waals surface area contributed by atoms with Gasteiger partial charge >= 0.3 is 0 Å². The number of aliphatic hydroxyl groups is 2. The molecule has 0 aliphatic carbocycles. The third-order valence-corrected chi connectivity index (χ3v) is 4.93. The molecule has 27 heavy (non-hydrogen) atoms. The van der Waals surface area contributed by atoms with Crippen molar-refractivity contribution >= 4 is 26.1 Å². The third-order valence-electron chi connectivity index (χ3n) is 4.28. The van der Waals surface area contributed by atoms with Crippen LogP contribution in [0, 0.1) is 0 Å². The highest BCUT2D eigenvalue weighted by Gasteiger charge is 2.33. The molecule has 1 aliphatic heterocycles. The molecule has 10 nitrogen and oxygen atoms in total. The lowest BCUT2D eigenvalue weighted by Crippen LogP contribution is -2.44. The Balaban J connectivity index is 1.81. The van der Waals surface area contributed by atoms with E-state index in [1.54, 1.807) is 4.57 Å². The molecule has 0 radical (unpaired) electrons. The molecule has 1 saturated heterocycles. The number of nitrogens with zero attached hydrogens (tertiary/aromatic N) is 3. The van der Waals surface area contributed by atoms with Gasteiger partial charge in [-0.2, -0.15) is 4.98 Å². The van der Waals surface area contributed by atoms with Crippen molar-refractivity contribution in [2.24, 2.45) is 0 Å². The van der Waals surface area contributed by atoms with Gasteiger partial charge in [0.2, 0.25) is 5.95 Å². The maximum atomic E-state index is 12.2. The van der Waals surface area contributed by atoms with Crippen LogP contribution in [0.25, 0.3) is 22.6 Å². The number of nitrogen functional groups attached to an aromatic ring is 1. The van der Waals surface area contributed by atoms with E-state index in [1.807, 2.05) is 30.3 Å². The molecule has 0 bridgehead atoms. The van der Waals surface area contributed by atoms with Crippen molar-refractivity contribution in [3.05, 3.63) is 40.7 Å². The van der Waals surface area contributed by atoms with Crippen LogP contribution in [0.5, 0.6) is 0 Å². The second kappa shape index (κ2) is 7.34. The first kappa shape index (κ1) is 18.0. The first-order valence-corrected chi connectivity index (χ1v) is 9.06. The molecule has 0 saturated carbocycles. The first-order valence-electron chi connectivity index (χ1n) is 8.24. The molecule has 4 atom stereocenters. The van der Waals surface area contributed by atoms with Crippen LogP contribution in [0.2, 0.25) is 0 Å². The number of imidazole rings is 1. The average Bonchev–Trinajstić information content (AvgIpc) is 3.01. The van der Waals surface area contributed by atoms with Crippen LogP contribution < -0.4 is 11.3 Å². The first-order chi connectivity index (χ1) is 13.0. The summed E-state index contributed by atoms with van der Waals surface area (Å²) in [6, 6.07) is 9.22. The Labute approximate surface area is 154 Å². The molecule has 3 aromatic rings. The van der Waals surface area contributed by atoms with Gasteiger partial charge in [-0.05, 0) is 0 Å². The average molecular weight is 391 g/mol.